The molecule has 0 saturated carbocycles. The van der Waals surface area contributed by atoms with E-state index < -0.39 is 0 Å². The highest BCUT2D eigenvalue weighted by atomic mass is 16.5. The molecule has 1 aromatic carbocycles. The van der Waals surface area contributed by atoms with Gasteiger partial charge in [-0.1, -0.05) is 0 Å². The van der Waals surface area contributed by atoms with Crippen molar-refractivity contribution in [3.8, 4) is 5.75 Å². The predicted octanol–water partition coefficient (Wildman–Crippen LogP) is 3.87. The number of carbonyl (C=O) groups excluding carboxylic acids is 1. The number of methoxy groups -OCH3 is 1. The van der Waals surface area contributed by atoms with Gasteiger partial charge in [0.2, 0.25) is 0 Å². The quantitative estimate of drug-likeness (QED) is 0.714. The van der Waals surface area contributed by atoms with Gasteiger partial charge in [0.1, 0.15) is 11.3 Å². The fourth-order valence-corrected chi connectivity index (χ4v) is 4.76. The van der Waals surface area contributed by atoms with E-state index in [0.29, 0.717) is 18.2 Å². The smallest absolute Gasteiger partial charge is 0.341 e. The maximum atomic E-state index is 12.7. The van der Waals surface area contributed by atoms with Crippen molar-refractivity contribution in [2.24, 2.45) is 0 Å². The molecule has 2 saturated heterocycles. The number of hydrogen-bond donors (Lipinski definition) is 0. The number of likely N-dealkylation sites (tertiary alicyclic amines) is 1. The van der Waals surface area contributed by atoms with E-state index in [4.69, 9.17) is 9.47 Å². The van der Waals surface area contributed by atoms with E-state index in [1.165, 1.54) is 32.4 Å². The lowest BCUT2D eigenvalue weighted by Crippen LogP contribution is -2.34. The van der Waals surface area contributed by atoms with Crippen LogP contribution in [0.3, 0.4) is 0 Å². The molecule has 1 aromatic heterocycles. The molecule has 2 aliphatic heterocycles. The first-order valence-corrected chi connectivity index (χ1v) is 10.8. The number of aromatic nitrogens is 1. The lowest BCUT2D eigenvalue weighted by molar-refractivity contribution is 0.0527. The SMILES string of the molecule is CCOC(=O)c1cnc2ccc(OC)cc2c1N1CCCC(N2CCCC2)CC1. The Morgan fingerprint density at radius 1 is 1.14 bits per heavy atom. The van der Waals surface area contributed by atoms with E-state index >= 15 is 0 Å². The maximum Gasteiger partial charge on any atom is 0.341 e. The molecule has 6 nitrogen and oxygen atoms in total. The van der Waals surface area contributed by atoms with Gasteiger partial charge < -0.3 is 19.3 Å². The number of anilines is 1. The van der Waals surface area contributed by atoms with E-state index in [1.54, 1.807) is 13.3 Å². The standard InChI is InChI=1S/C23H31N3O3/c1-3-29-23(27)20-16-24-21-9-8-18(28-2)15-19(21)22(20)26-13-6-7-17(10-14-26)25-11-4-5-12-25/h8-9,15-17H,3-7,10-14H2,1-2H3. The number of nitrogens with zero attached hydrogens (tertiary/aromatic N) is 3. The molecule has 6 heteroatoms. The third-order valence-corrected chi connectivity index (χ3v) is 6.21. The Balaban J connectivity index is 1.71. The normalized spacial score (nSPS) is 20.6. The average molecular weight is 398 g/mol. The Labute approximate surface area is 172 Å². The molecule has 1 unspecified atom stereocenters. The third-order valence-electron chi connectivity index (χ3n) is 6.21. The molecule has 3 heterocycles. The van der Waals surface area contributed by atoms with Crippen molar-refractivity contribution in [1.29, 1.82) is 0 Å². The first-order chi connectivity index (χ1) is 14.2. The van der Waals surface area contributed by atoms with Gasteiger partial charge in [-0.05, 0) is 70.3 Å². The van der Waals surface area contributed by atoms with Gasteiger partial charge in [0, 0.05) is 30.7 Å². The number of esters is 1. The largest absolute Gasteiger partial charge is 0.497 e. The average Bonchev–Trinajstić information content (AvgIpc) is 3.18. The van der Waals surface area contributed by atoms with Crippen molar-refractivity contribution in [2.45, 2.75) is 45.1 Å². The summed E-state index contributed by atoms with van der Waals surface area (Å²) in [6, 6.07) is 6.51. The van der Waals surface area contributed by atoms with Crippen LogP contribution in [0.1, 0.15) is 49.4 Å². The van der Waals surface area contributed by atoms with E-state index in [9.17, 15) is 4.79 Å². The number of benzene rings is 1. The fraction of sp³-hybridized carbons (Fsp3) is 0.565. The molecule has 4 rings (SSSR count). The summed E-state index contributed by atoms with van der Waals surface area (Å²) in [5.41, 5.74) is 2.36. The van der Waals surface area contributed by atoms with Crippen LogP contribution in [0.5, 0.6) is 5.75 Å². The molecule has 2 aliphatic rings. The molecule has 0 bridgehead atoms. The first kappa shape index (κ1) is 20.0. The Kier molecular flexibility index (Phi) is 6.19. The molecule has 0 N–H and O–H groups in total. The molecule has 156 valence electrons. The van der Waals surface area contributed by atoms with Crippen LogP contribution in [-0.2, 0) is 4.74 Å². The second-order valence-electron chi connectivity index (χ2n) is 7.94. The lowest BCUT2D eigenvalue weighted by Gasteiger charge is -2.28. The zero-order chi connectivity index (χ0) is 20.2. The van der Waals surface area contributed by atoms with Gasteiger partial charge in [0.15, 0.2) is 0 Å². The van der Waals surface area contributed by atoms with Crippen molar-refractivity contribution in [1.82, 2.24) is 9.88 Å². The monoisotopic (exact) mass is 397 g/mol. The van der Waals surface area contributed by atoms with Crippen LogP contribution >= 0.6 is 0 Å². The van der Waals surface area contributed by atoms with E-state index in [0.717, 1.165) is 48.3 Å². The Bertz CT molecular complexity index is 864. The zero-order valence-electron chi connectivity index (χ0n) is 17.5. The molecule has 0 amide bonds. The molecule has 2 fully saturated rings. The second-order valence-corrected chi connectivity index (χ2v) is 7.94. The number of carbonyl (C=O) groups is 1. The van der Waals surface area contributed by atoms with Gasteiger partial charge in [-0.15, -0.1) is 0 Å². The summed E-state index contributed by atoms with van der Waals surface area (Å²) >= 11 is 0. The van der Waals surface area contributed by atoms with Crippen LogP contribution in [0.15, 0.2) is 24.4 Å². The number of rotatable bonds is 5. The van der Waals surface area contributed by atoms with Crippen LogP contribution in [0.2, 0.25) is 0 Å². The van der Waals surface area contributed by atoms with Crippen molar-refractivity contribution >= 4 is 22.6 Å². The van der Waals surface area contributed by atoms with E-state index in [1.807, 2.05) is 25.1 Å². The summed E-state index contributed by atoms with van der Waals surface area (Å²) in [5, 5.41) is 0.953. The lowest BCUT2D eigenvalue weighted by atomic mass is 10.1. The Hall–Kier alpha value is -2.34. The molecule has 29 heavy (non-hydrogen) atoms. The van der Waals surface area contributed by atoms with Gasteiger partial charge in [-0.3, -0.25) is 4.98 Å². The molecule has 0 aliphatic carbocycles. The highest BCUT2D eigenvalue weighted by Gasteiger charge is 2.28. The van der Waals surface area contributed by atoms with Gasteiger partial charge in [0.05, 0.1) is 24.9 Å². The van der Waals surface area contributed by atoms with Gasteiger partial charge in [-0.2, -0.15) is 0 Å². The minimum absolute atomic E-state index is 0.306. The highest BCUT2D eigenvalue weighted by Crippen LogP contribution is 2.34. The maximum absolute atomic E-state index is 12.7. The molecule has 1 atom stereocenters. The number of pyridine rings is 1. The van der Waals surface area contributed by atoms with Crippen molar-refractivity contribution in [2.75, 3.05) is 44.8 Å². The Morgan fingerprint density at radius 3 is 2.72 bits per heavy atom. The van der Waals surface area contributed by atoms with Crippen molar-refractivity contribution in [3.05, 3.63) is 30.0 Å². The van der Waals surface area contributed by atoms with Crippen LogP contribution in [0.4, 0.5) is 5.69 Å². The molecule has 0 spiro atoms. The van der Waals surface area contributed by atoms with Gasteiger partial charge in [-0.25, -0.2) is 4.79 Å². The molecular weight excluding hydrogens is 366 g/mol. The number of ether oxygens (including phenoxy) is 2. The first-order valence-electron chi connectivity index (χ1n) is 10.8. The van der Waals surface area contributed by atoms with Crippen LogP contribution in [0, 0.1) is 0 Å². The summed E-state index contributed by atoms with van der Waals surface area (Å²) < 4.78 is 10.8. The predicted molar refractivity (Wildman–Crippen MR) is 115 cm³/mol. The summed E-state index contributed by atoms with van der Waals surface area (Å²) in [6.07, 6.45) is 7.78. The second kappa shape index (κ2) is 8.99. The van der Waals surface area contributed by atoms with Gasteiger partial charge >= 0.3 is 5.97 Å². The molecule has 2 aromatic rings. The fourth-order valence-electron chi connectivity index (χ4n) is 4.76. The summed E-state index contributed by atoms with van der Waals surface area (Å²) in [6.45, 7) is 6.52. The third kappa shape index (κ3) is 4.17. The van der Waals surface area contributed by atoms with Crippen molar-refractivity contribution in [3.63, 3.8) is 0 Å². The summed E-state index contributed by atoms with van der Waals surface area (Å²) in [4.78, 5) is 22.3. The topological polar surface area (TPSA) is 54.9 Å². The van der Waals surface area contributed by atoms with Crippen LogP contribution < -0.4 is 9.64 Å². The van der Waals surface area contributed by atoms with E-state index in [-0.39, 0.29) is 5.97 Å². The summed E-state index contributed by atoms with van der Waals surface area (Å²) in [7, 11) is 1.66. The minimum Gasteiger partial charge on any atom is -0.497 e. The molecular formula is C23H31N3O3. The number of hydrogen-bond acceptors (Lipinski definition) is 6. The van der Waals surface area contributed by atoms with Crippen LogP contribution in [0.25, 0.3) is 10.9 Å². The van der Waals surface area contributed by atoms with E-state index in [2.05, 4.69) is 14.8 Å². The highest BCUT2D eigenvalue weighted by molar-refractivity contribution is 6.05. The zero-order valence-corrected chi connectivity index (χ0v) is 17.5. The summed E-state index contributed by atoms with van der Waals surface area (Å²) in [5.74, 6) is 0.464. The van der Waals surface area contributed by atoms with Gasteiger partial charge in [0.25, 0.3) is 0 Å². The number of fused-ring (bicyclic) bond motifs is 1. The minimum atomic E-state index is -0.306. The van der Waals surface area contributed by atoms with Crippen LogP contribution in [-0.4, -0.2) is 61.8 Å². The Morgan fingerprint density at radius 2 is 1.97 bits per heavy atom. The van der Waals surface area contributed by atoms with Crippen molar-refractivity contribution < 1.29 is 14.3 Å². The molecule has 0 radical (unpaired) electrons.